The summed E-state index contributed by atoms with van der Waals surface area (Å²) >= 11 is 0. The molecule has 1 amide bonds. The minimum Gasteiger partial charge on any atom is -0.489 e. The van der Waals surface area contributed by atoms with E-state index in [1.807, 2.05) is 30.3 Å². The van der Waals surface area contributed by atoms with Gasteiger partial charge < -0.3 is 19.3 Å². The highest BCUT2D eigenvalue weighted by molar-refractivity contribution is 6.03. The Morgan fingerprint density at radius 1 is 1.15 bits per heavy atom. The van der Waals surface area contributed by atoms with Crippen molar-refractivity contribution in [2.45, 2.75) is 0 Å². The molecule has 3 aromatic rings. The molecule has 0 saturated heterocycles. The van der Waals surface area contributed by atoms with Crippen LogP contribution < -0.4 is 10.1 Å². The standard InChI is InChI=1S/C19H17FN2O4/c1-24-9-10-25-17-8-7-14(20)11-16(17)21-19(23)18-12-15(22-26-18)13-5-3-2-4-6-13/h2-8,11-12H,9-10H2,1H3,(H,21,23). The third-order valence-corrected chi connectivity index (χ3v) is 3.54. The van der Waals surface area contributed by atoms with Gasteiger partial charge in [0.25, 0.3) is 5.91 Å². The second kappa shape index (κ2) is 8.26. The number of rotatable bonds is 7. The van der Waals surface area contributed by atoms with Crippen molar-refractivity contribution < 1.29 is 23.2 Å². The third kappa shape index (κ3) is 4.25. The fourth-order valence-electron chi connectivity index (χ4n) is 2.27. The van der Waals surface area contributed by atoms with Crippen molar-refractivity contribution in [2.24, 2.45) is 0 Å². The van der Waals surface area contributed by atoms with Gasteiger partial charge in [-0.15, -0.1) is 0 Å². The lowest BCUT2D eigenvalue weighted by molar-refractivity contribution is 0.0987. The molecule has 0 radical (unpaired) electrons. The third-order valence-electron chi connectivity index (χ3n) is 3.54. The number of nitrogens with zero attached hydrogens (tertiary/aromatic N) is 1. The normalized spacial score (nSPS) is 10.5. The van der Waals surface area contributed by atoms with Crippen LogP contribution in [0.4, 0.5) is 10.1 Å². The van der Waals surface area contributed by atoms with Crippen molar-refractivity contribution in [3.8, 4) is 17.0 Å². The molecule has 0 spiro atoms. The number of anilines is 1. The Kier molecular flexibility index (Phi) is 5.60. The number of amides is 1. The SMILES string of the molecule is COCCOc1ccc(F)cc1NC(=O)c1cc(-c2ccccc2)no1. The van der Waals surface area contributed by atoms with Crippen LogP contribution in [0.1, 0.15) is 10.6 Å². The summed E-state index contributed by atoms with van der Waals surface area (Å²) in [6.07, 6.45) is 0. The van der Waals surface area contributed by atoms with Gasteiger partial charge in [-0.1, -0.05) is 35.5 Å². The molecular formula is C19H17FN2O4. The van der Waals surface area contributed by atoms with E-state index in [1.165, 1.54) is 24.3 Å². The van der Waals surface area contributed by atoms with E-state index >= 15 is 0 Å². The Morgan fingerprint density at radius 2 is 1.96 bits per heavy atom. The average molecular weight is 356 g/mol. The number of halogens is 1. The fraction of sp³-hybridized carbons (Fsp3) is 0.158. The van der Waals surface area contributed by atoms with Gasteiger partial charge >= 0.3 is 0 Å². The Morgan fingerprint density at radius 3 is 2.73 bits per heavy atom. The van der Waals surface area contributed by atoms with Gasteiger partial charge in [0, 0.05) is 24.8 Å². The van der Waals surface area contributed by atoms with Crippen LogP contribution in [-0.2, 0) is 4.74 Å². The first kappa shape index (κ1) is 17.6. The summed E-state index contributed by atoms with van der Waals surface area (Å²) in [5.74, 6) is -0.709. The van der Waals surface area contributed by atoms with E-state index in [4.69, 9.17) is 14.0 Å². The van der Waals surface area contributed by atoms with Gasteiger partial charge in [0.2, 0.25) is 5.76 Å². The molecule has 6 nitrogen and oxygen atoms in total. The Hall–Kier alpha value is -3.19. The van der Waals surface area contributed by atoms with Crippen LogP contribution in [0.15, 0.2) is 59.1 Å². The monoisotopic (exact) mass is 356 g/mol. The van der Waals surface area contributed by atoms with Crippen molar-refractivity contribution in [2.75, 3.05) is 25.6 Å². The minimum atomic E-state index is -0.554. The second-order valence-electron chi connectivity index (χ2n) is 5.38. The van der Waals surface area contributed by atoms with Crippen LogP contribution in [0.3, 0.4) is 0 Å². The minimum absolute atomic E-state index is 0.0101. The number of carbonyl (C=O) groups is 1. The summed E-state index contributed by atoms with van der Waals surface area (Å²) in [6.45, 7) is 0.638. The zero-order chi connectivity index (χ0) is 18.4. The molecule has 0 fully saturated rings. The first-order valence-electron chi connectivity index (χ1n) is 7.92. The molecule has 0 aliphatic carbocycles. The van der Waals surface area contributed by atoms with E-state index in [2.05, 4.69) is 10.5 Å². The number of hydrogen-bond acceptors (Lipinski definition) is 5. The van der Waals surface area contributed by atoms with E-state index in [0.717, 1.165) is 5.56 Å². The van der Waals surface area contributed by atoms with Crippen LogP contribution in [0, 0.1) is 5.82 Å². The molecule has 2 aromatic carbocycles. The summed E-state index contributed by atoms with van der Waals surface area (Å²) < 4.78 is 29.1. The van der Waals surface area contributed by atoms with Gasteiger partial charge in [0.15, 0.2) is 0 Å². The number of methoxy groups -OCH3 is 1. The predicted molar refractivity (Wildman–Crippen MR) is 93.7 cm³/mol. The molecular weight excluding hydrogens is 339 g/mol. The Bertz CT molecular complexity index is 880. The lowest BCUT2D eigenvalue weighted by Gasteiger charge is -2.11. The van der Waals surface area contributed by atoms with E-state index in [9.17, 15) is 9.18 Å². The van der Waals surface area contributed by atoms with Crippen LogP contribution in [0.2, 0.25) is 0 Å². The van der Waals surface area contributed by atoms with Crippen molar-refractivity contribution >= 4 is 11.6 Å². The first-order valence-corrected chi connectivity index (χ1v) is 7.92. The highest BCUT2D eigenvalue weighted by atomic mass is 19.1. The number of aromatic nitrogens is 1. The van der Waals surface area contributed by atoms with Crippen LogP contribution >= 0.6 is 0 Å². The lowest BCUT2D eigenvalue weighted by atomic mass is 10.1. The Balaban J connectivity index is 1.76. The summed E-state index contributed by atoms with van der Waals surface area (Å²) in [7, 11) is 1.55. The summed E-state index contributed by atoms with van der Waals surface area (Å²) in [5.41, 5.74) is 1.56. The quantitative estimate of drug-likeness (QED) is 0.653. The maximum atomic E-state index is 13.5. The highest BCUT2D eigenvalue weighted by Gasteiger charge is 2.16. The summed E-state index contributed by atoms with van der Waals surface area (Å²) in [5, 5.41) is 6.47. The van der Waals surface area contributed by atoms with Crippen molar-refractivity contribution in [1.82, 2.24) is 5.16 Å². The van der Waals surface area contributed by atoms with Gasteiger partial charge in [-0.3, -0.25) is 4.79 Å². The van der Waals surface area contributed by atoms with Crippen LogP contribution in [0.25, 0.3) is 11.3 Å². The van der Waals surface area contributed by atoms with Gasteiger partial charge in [-0.25, -0.2) is 4.39 Å². The second-order valence-corrected chi connectivity index (χ2v) is 5.38. The molecule has 1 N–H and O–H groups in total. The highest BCUT2D eigenvalue weighted by Crippen LogP contribution is 2.26. The average Bonchev–Trinajstić information content (AvgIpc) is 3.15. The van der Waals surface area contributed by atoms with Crippen molar-refractivity contribution in [3.05, 3.63) is 66.2 Å². The van der Waals surface area contributed by atoms with Gasteiger partial charge in [-0.05, 0) is 12.1 Å². The number of carbonyl (C=O) groups excluding carboxylic acids is 1. The number of nitrogens with one attached hydrogen (secondary N) is 1. The molecule has 1 aromatic heterocycles. The maximum Gasteiger partial charge on any atom is 0.294 e. The summed E-state index contributed by atoms with van der Waals surface area (Å²) in [4.78, 5) is 12.4. The maximum absolute atomic E-state index is 13.5. The predicted octanol–water partition coefficient (Wildman–Crippen LogP) is 3.76. The van der Waals surface area contributed by atoms with Gasteiger partial charge in [0.1, 0.15) is 23.9 Å². The number of benzene rings is 2. The zero-order valence-corrected chi connectivity index (χ0v) is 14.1. The lowest BCUT2D eigenvalue weighted by Crippen LogP contribution is -2.13. The van der Waals surface area contributed by atoms with Crippen LogP contribution in [0.5, 0.6) is 5.75 Å². The van der Waals surface area contributed by atoms with E-state index in [1.54, 1.807) is 7.11 Å². The largest absolute Gasteiger partial charge is 0.489 e. The van der Waals surface area contributed by atoms with Crippen molar-refractivity contribution in [1.29, 1.82) is 0 Å². The topological polar surface area (TPSA) is 73.6 Å². The molecule has 26 heavy (non-hydrogen) atoms. The smallest absolute Gasteiger partial charge is 0.294 e. The molecule has 1 heterocycles. The molecule has 7 heteroatoms. The Labute approximate surface area is 149 Å². The zero-order valence-electron chi connectivity index (χ0n) is 14.1. The molecule has 0 bridgehead atoms. The fourth-order valence-corrected chi connectivity index (χ4v) is 2.27. The van der Waals surface area contributed by atoms with E-state index in [-0.39, 0.29) is 18.1 Å². The van der Waals surface area contributed by atoms with Crippen LogP contribution in [-0.4, -0.2) is 31.4 Å². The molecule has 134 valence electrons. The van der Waals surface area contributed by atoms with Gasteiger partial charge in [0.05, 0.1) is 12.3 Å². The number of ether oxygens (including phenoxy) is 2. The van der Waals surface area contributed by atoms with Gasteiger partial charge in [-0.2, -0.15) is 0 Å². The number of hydrogen-bond donors (Lipinski definition) is 1. The molecule has 0 aliphatic heterocycles. The molecule has 0 unspecified atom stereocenters. The molecule has 0 atom stereocenters. The molecule has 0 aliphatic rings. The molecule has 0 saturated carbocycles. The van der Waals surface area contributed by atoms with E-state index < -0.39 is 11.7 Å². The van der Waals surface area contributed by atoms with Crippen molar-refractivity contribution in [3.63, 3.8) is 0 Å². The first-order chi connectivity index (χ1) is 12.7. The summed E-state index contributed by atoms with van der Waals surface area (Å²) in [6, 6.07) is 14.7. The van der Waals surface area contributed by atoms with E-state index in [0.29, 0.717) is 18.1 Å². The molecule has 3 rings (SSSR count).